The average molecular weight is 289 g/mol. The first-order valence-corrected chi connectivity index (χ1v) is 6.25. The molecule has 0 aliphatic heterocycles. The molecule has 0 aromatic heterocycles. The fourth-order valence-corrected chi connectivity index (χ4v) is 2.34. The molecule has 0 saturated carbocycles. The second kappa shape index (κ2) is 4.84. The molecule has 0 N–H and O–H groups in total. The van der Waals surface area contributed by atoms with Crippen molar-refractivity contribution in [1.29, 1.82) is 0 Å². The topological polar surface area (TPSA) is 17.1 Å². The van der Waals surface area contributed by atoms with E-state index in [0.717, 1.165) is 21.2 Å². The Morgan fingerprint density at radius 1 is 0.941 bits per heavy atom. The largest absolute Gasteiger partial charge is 0.289 e. The Morgan fingerprint density at radius 2 is 1.53 bits per heavy atom. The molecule has 17 heavy (non-hydrogen) atoms. The molecule has 2 heteroatoms. The van der Waals surface area contributed by atoms with Crippen LogP contribution in [0.5, 0.6) is 0 Å². The van der Waals surface area contributed by atoms with Gasteiger partial charge in [0.1, 0.15) is 0 Å². The summed E-state index contributed by atoms with van der Waals surface area (Å²) in [6.45, 7) is 4.01. The van der Waals surface area contributed by atoms with Gasteiger partial charge in [0.25, 0.3) is 0 Å². The lowest BCUT2D eigenvalue weighted by molar-refractivity contribution is 0.103. The van der Waals surface area contributed by atoms with Crippen LogP contribution in [0.15, 0.2) is 46.9 Å². The van der Waals surface area contributed by atoms with Crippen LogP contribution in [0.4, 0.5) is 0 Å². The second-order valence-electron chi connectivity index (χ2n) is 4.18. The normalized spacial score (nSPS) is 10.3. The number of ketones is 1. The maximum Gasteiger partial charge on any atom is 0.194 e. The number of hydrogen-bond donors (Lipinski definition) is 0. The van der Waals surface area contributed by atoms with E-state index in [-0.39, 0.29) is 5.78 Å². The van der Waals surface area contributed by atoms with Gasteiger partial charge in [-0.15, -0.1) is 0 Å². The minimum Gasteiger partial charge on any atom is -0.289 e. The Balaban J connectivity index is 2.40. The molecule has 0 atom stereocenters. The van der Waals surface area contributed by atoms with Crippen molar-refractivity contribution in [1.82, 2.24) is 0 Å². The maximum absolute atomic E-state index is 12.3. The fraction of sp³-hybridized carbons (Fsp3) is 0.133. The quantitative estimate of drug-likeness (QED) is 0.753. The predicted molar refractivity (Wildman–Crippen MR) is 73.5 cm³/mol. The number of halogens is 1. The highest BCUT2D eigenvalue weighted by Crippen LogP contribution is 2.21. The van der Waals surface area contributed by atoms with Crippen LogP contribution in [0.1, 0.15) is 27.0 Å². The monoisotopic (exact) mass is 288 g/mol. The van der Waals surface area contributed by atoms with Gasteiger partial charge in [0, 0.05) is 15.6 Å². The highest BCUT2D eigenvalue weighted by molar-refractivity contribution is 9.10. The minimum absolute atomic E-state index is 0.0527. The Kier molecular flexibility index (Phi) is 3.43. The molecule has 0 radical (unpaired) electrons. The van der Waals surface area contributed by atoms with Gasteiger partial charge in [-0.05, 0) is 31.5 Å². The maximum atomic E-state index is 12.3. The molecule has 0 heterocycles. The van der Waals surface area contributed by atoms with Crippen LogP contribution in [0, 0.1) is 13.8 Å². The van der Waals surface area contributed by atoms with Crippen LogP contribution in [0.3, 0.4) is 0 Å². The lowest BCUT2D eigenvalue weighted by Crippen LogP contribution is -2.02. The zero-order chi connectivity index (χ0) is 12.4. The van der Waals surface area contributed by atoms with Crippen molar-refractivity contribution in [3.63, 3.8) is 0 Å². The lowest BCUT2D eigenvalue weighted by atomic mass is 10.0. The van der Waals surface area contributed by atoms with Crippen molar-refractivity contribution in [2.75, 3.05) is 0 Å². The van der Waals surface area contributed by atoms with Crippen molar-refractivity contribution in [2.45, 2.75) is 13.8 Å². The highest BCUT2D eigenvalue weighted by atomic mass is 79.9. The van der Waals surface area contributed by atoms with E-state index in [4.69, 9.17) is 0 Å². The number of benzene rings is 2. The summed E-state index contributed by atoms with van der Waals surface area (Å²) in [5.41, 5.74) is 3.72. The molecule has 0 aliphatic rings. The second-order valence-corrected chi connectivity index (χ2v) is 5.03. The fourth-order valence-electron chi connectivity index (χ4n) is 1.66. The molecule has 86 valence electrons. The highest BCUT2D eigenvalue weighted by Gasteiger charge is 2.11. The van der Waals surface area contributed by atoms with Crippen molar-refractivity contribution >= 4 is 21.7 Å². The molecule has 0 unspecified atom stereocenters. The smallest absolute Gasteiger partial charge is 0.194 e. The first kappa shape index (κ1) is 12.1. The Bertz CT molecular complexity index is 556. The molecule has 0 bridgehead atoms. The summed E-state index contributed by atoms with van der Waals surface area (Å²) in [6.07, 6.45) is 0. The van der Waals surface area contributed by atoms with E-state index < -0.39 is 0 Å². The molecule has 0 spiro atoms. The van der Waals surface area contributed by atoms with Crippen molar-refractivity contribution in [3.8, 4) is 0 Å². The number of carbonyl (C=O) groups excluding carboxylic acids is 1. The molecule has 2 aromatic rings. The number of rotatable bonds is 2. The van der Waals surface area contributed by atoms with E-state index in [2.05, 4.69) is 15.9 Å². The Morgan fingerprint density at radius 3 is 2.12 bits per heavy atom. The number of aryl methyl sites for hydroxylation is 2. The molecule has 0 amide bonds. The average Bonchev–Trinajstić information content (AvgIpc) is 2.29. The predicted octanol–water partition coefficient (Wildman–Crippen LogP) is 4.30. The lowest BCUT2D eigenvalue weighted by Gasteiger charge is -2.05. The van der Waals surface area contributed by atoms with Crippen molar-refractivity contribution in [2.24, 2.45) is 0 Å². The summed E-state index contributed by atoms with van der Waals surface area (Å²) in [5.74, 6) is 0.0527. The summed E-state index contributed by atoms with van der Waals surface area (Å²) in [4.78, 5) is 12.3. The zero-order valence-electron chi connectivity index (χ0n) is 9.83. The third-order valence-electron chi connectivity index (χ3n) is 2.68. The van der Waals surface area contributed by atoms with Crippen LogP contribution in [0.2, 0.25) is 0 Å². The first-order chi connectivity index (χ1) is 8.08. The van der Waals surface area contributed by atoms with Gasteiger partial charge < -0.3 is 0 Å². The SMILES string of the molecule is Cc1ccc(C(=O)c2ccc(C)cc2Br)cc1. The van der Waals surface area contributed by atoms with Crippen LogP contribution in [-0.2, 0) is 0 Å². The van der Waals surface area contributed by atoms with Crippen molar-refractivity contribution < 1.29 is 4.79 Å². The standard InChI is InChI=1S/C15H13BrO/c1-10-3-6-12(7-4-10)15(17)13-8-5-11(2)9-14(13)16/h3-9H,1-2H3. The van der Waals surface area contributed by atoms with Gasteiger partial charge in [-0.1, -0.05) is 51.8 Å². The zero-order valence-corrected chi connectivity index (χ0v) is 11.4. The van der Waals surface area contributed by atoms with E-state index in [9.17, 15) is 4.79 Å². The van der Waals surface area contributed by atoms with Gasteiger partial charge in [-0.25, -0.2) is 0 Å². The van der Waals surface area contributed by atoms with Gasteiger partial charge >= 0.3 is 0 Å². The van der Waals surface area contributed by atoms with Gasteiger partial charge in [-0.2, -0.15) is 0 Å². The summed E-state index contributed by atoms with van der Waals surface area (Å²) in [5, 5.41) is 0. The molecule has 2 aromatic carbocycles. The molecule has 2 rings (SSSR count). The third-order valence-corrected chi connectivity index (χ3v) is 3.34. The van der Waals surface area contributed by atoms with E-state index >= 15 is 0 Å². The number of hydrogen-bond acceptors (Lipinski definition) is 1. The van der Waals surface area contributed by atoms with Gasteiger partial charge in [0.05, 0.1) is 0 Å². The van der Waals surface area contributed by atoms with Gasteiger partial charge in [0.2, 0.25) is 0 Å². The summed E-state index contributed by atoms with van der Waals surface area (Å²) >= 11 is 3.44. The third kappa shape index (κ3) is 2.64. The van der Waals surface area contributed by atoms with Crippen LogP contribution in [-0.4, -0.2) is 5.78 Å². The molecule has 0 aliphatic carbocycles. The van der Waals surface area contributed by atoms with Crippen LogP contribution >= 0.6 is 15.9 Å². The van der Waals surface area contributed by atoms with Gasteiger partial charge in [-0.3, -0.25) is 4.79 Å². The first-order valence-electron chi connectivity index (χ1n) is 5.45. The Labute approximate surface area is 110 Å². The van der Waals surface area contributed by atoms with E-state index in [0.29, 0.717) is 5.56 Å². The van der Waals surface area contributed by atoms with E-state index in [1.54, 1.807) is 0 Å². The van der Waals surface area contributed by atoms with Crippen molar-refractivity contribution in [3.05, 3.63) is 69.2 Å². The number of carbonyl (C=O) groups is 1. The molecule has 0 fully saturated rings. The van der Waals surface area contributed by atoms with E-state index in [1.165, 1.54) is 0 Å². The Hall–Kier alpha value is -1.41. The summed E-state index contributed by atoms with van der Waals surface area (Å²) in [6, 6.07) is 13.4. The summed E-state index contributed by atoms with van der Waals surface area (Å²) in [7, 11) is 0. The molecular weight excluding hydrogens is 276 g/mol. The van der Waals surface area contributed by atoms with Crippen LogP contribution < -0.4 is 0 Å². The minimum atomic E-state index is 0.0527. The molecule has 1 nitrogen and oxygen atoms in total. The van der Waals surface area contributed by atoms with Gasteiger partial charge in [0.15, 0.2) is 5.78 Å². The summed E-state index contributed by atoms with van der Waals surface area (Å²) < 4.78 is 0.850. The van der Waals surface area contributed by atoms with Crippen LogP contribution in [0.25, 0.3) is 0 Å². The van der Waals surface area contributed by atoms with E-state index in [1.807, 2.05) is 56.3 Å². The molecular formula is C15H13BrO. The molecule has 0 saturated heterocycles.